The van der Waals surface area contributed by atoms with Gasteiger partial charge < -0.3 is 5.32 Å². The zero-order valence-electron chi connectivity index (χ0n) is 10.6. The van der Waals surface area contributed by atoms with Crippen LogP contribution < -0.4 is 5.32 Å². The van der Waals surface area contributed by atoms with Crippen molar-refractivity contribution in [2.45, 2.75) is 6.92 Å². The number of aryl methyl sites for hydroxylation is 2. The monoisotopic (exact) mass is 255 g/mol. The van der Waals surface area contributed by atoms with E-state index in [1.54, 1.807) is 11.7 Å². The van der Waals surface area contributed by atoms with Crippen LogP contribution in [-0.2, 0) is 7.05 Å². The highest BCUT2D eigenvalue weighted by atomic mass is 16.2. The molecule has 0 unspecified atom stereocenters. The standard InChI is InChI=1S/C13H13N5O/c1-8-7-11(18(2)17-8)14-13(19)12-9-5-3-4-6-10(9)15-16-12/h3-7H,1-2H3,(H,14,19)(H,15,16). The van der Waals surface area contributed by atoms with Gasteiger partial charge in [0, 0.05) is 18.5 Å². The summed E-state index contributed by atoms with van der Waals surface area (Å²) in [6.45, 7) is 1.87. The molecule has 3 rings (SSSR count). The molecular weight excluding hydrogens is 242 g/mol. The Morgan fingerprint density at radius 1 is 1.37 bits per heavy atom. The molecule has 0 saturated carbocycles. The third kappa shape index (κ3) is 1.97. The van der Waals surface area contributed by atoms with Gasteiger partial charge in [0.25, 0.3) is 5.91 Å². The Morgan fingerprint density at radius 2 is 2.16 bits per heavy atom. The molecule has 6 heteroatoms. The van der Waals surface area contributed by atoms with Crippen molar-refractivity contribution in [3.8, 4) is 0 Å². The Kier molecular flexibility index (Phi) is 2.56. The maximum Gasteiger partial charge on any atom is 0.277 e. The van der Waals surface area contributed by atoms with Crippen molar-refractivity contribution in [3.05, 3.63) is 41.7 Å². The predicted molar refractivity (Wildman–Crippen MR) is 72.0 cm³/mol. The second kappa shape index (κ2) is 4.24. The molecule has 0 atom stereocenters. The lowest BCUT2D eigenvalue weighted by molar-refractivity contribution is 0.102. The number of fused-ring (bicyclic) bond motifs is 1. The number of carbonyl (C=O) groups excluding carboxylic acids is 1. The second-order valence-electron chi connectivity index (χ2n) is 4.37. The summed E-state index contributed by atoms with van der Waals surface area (Å²) in [5.74, 6) is 0.398. The largest absolute Gasteiger partial charge is 0.305 e. The van der Waals surface area contributed by atoms with Gasteiger partial charge in [0.1, 0.15) is 5.82 Å². The number of hydrogen-bond donors (Lipinski definition) is 2. The summed E-state index contributed by atoms with van der Waals surface area (Å²) >= 11 is 0. The topological polar surface area (TPSA) is 75.6 Å². The van der Waals surface area contributed by atoms with Gasteiger partial charge in [-0.15, -0.1) is 0 Å². The van der Waals surface area contributed by atoms with Crippen molar-refractivity contribution in [2.24, 2.45) is 7.05 Å². The molecule has 19 heavy (non-hydrogen) atoms. The van der Waals surface area contributed by atoms with E-state index in [9.17, 15) is 4.79 Å². The van der Waals surface area contributed by atoms with E-state index < -0.39 is 0 Å². The number of aromatic nitrogens is 4. The van der Waals surface area contributed by atoms with Crippen LogP contribution in [0.4, 0.5) is 5.82 Å². The predicted octanol–water partition coefficient (Wildman–Crippen LogP) is 1.86. The molecule has 3 aromatic rings. The summed E-state index contributed by atoms with van der Waals surface area (Å²) in [5.41, 5.74) is 2.08. The molecule has 0 aliphatic carbocycles. The number of carbonyl (C=O) groups is 1. The van der Waals surface area contributed by atoms with Crippen molar-refractivity contribution in [1.82, 2.24) is 20.0 Å². The highest BCUT2D eigenvalue weighted by Crippen LogP contribution is 2.17. The van der Waals surface area contributed by atoms with Crippen LogP contribution in [0.3, 0.4) is 0 Å². The summed E-state index contributed by atoms with van der Waals surface area (Å²) in [5, 5.41) is 14.7. The first-order valence-electron chi connectivity index (χ1n) is 5.90. The van der Waals surface area contributed by atoms with E-state index in [4.69, 9.17) is 0 Å². The molecule has 1 amide bonds. The molecule has 2 N–H and O–H groups in total. The minimum Gasteiger partial charge on any atom is -0.305 e. The number of benzene rings is 1. The smallest absolute Gasteiger partial charge is 0.277 e. The van der Waals surface area contributed by atoms with Gasteiger partial charge in [-0.2, -0.15) is 10.2 Å². The molecule has 2 aromatic heterocycles. The quantitative estimate of drug-likeness (QED) is 0.733. The fraction of sp³-hybridized carbons (Fsp3) is 0.154. The highest BCUT2D eigenvalue weighted by molar-refractivity contribution is 6.10. The zero-order chi connectivity index (χ0) is 13.4. The Bertz CT molecular complexity index is 755. The summed E-state index contributed by atoms with van der Waals surface area (Å²) in [4.78, 5) is 12.2. The Morgan fingerprint density at radius 3 is 2.89 bits per heavy atom. The summed E-state index contributed by atoms with van der Waals surface area (Å²) in [6, 6.07) is 9.33. The van der Waals surface area contributed by atoms with Gasteiger partial charge in [0.2, 0.25) is 0 Å². The molecule has 96 valence electrons. The molecule has 0 spiro atoms. The third-order valence-electron chi connectivity index (χ3n) is 2.93. The van der Waals surface area contributed by atoms with Crippen LogP contribution >= 0.6 is 0 Å². The van der Waals surface area contributed by atoms with Crippen LogP contribution in [0.15, 0.2) is 30.3 Å². The fourth-order valence-corrected chi connectivity index (χ4v) is 2.04. The minimum absolute atomic E-state index is 0.250. The fourth-order valence-electron chi connectivity index (χ4n) is 2.04. The van der Waals surface area contributed by atoms with E-state index >= 15 is 0 Å². The number of hydrogen-bond acceptors (Lipinski definition) is 3. The van der Waals surface area contributed by atoms with Crippen molar-refractivity contribution in [2.75, 3.05) is 5.32 Å². The lowest BCUT2D eigenvalue weighted by Gasteiger charge is -2.02. The average Bonchev–Trinajstić information content (AvgIpc) is 2.93. The second-order valence-corrected chi connectivity index (χ2v) is 4.37. The van der Waals surface area contributed by atoms with Crippen LogP contribution in [0.5, 0.6) is 0 Å². The summed E-state index contributed by atoms with van der Waals surface area (Å²) < 4.78 is 1.63. The van der Waals surface area contributed by atoms with E-state index in [2.05, 4.69) is 20.6 Å². The lowest BCUT2D eigenvalue weighted by Crippen LogP contribution is -2.15. The van der Waals surface area contributed by atoms with E-state index in [-0.39, 0.29) is 5.91 Å². The van der Waals surface area contributed by atoms with E-state index in [0.717, 1.165) is 16.6 Å². The van der Waals surface area contributed by atoms with Gasteiger partial charge >= 0.3 is 0 Å². The number of amides is 1. The van der Waals surface area contributed by atoms with Gasteiger partial charge in [-0.25, -0.2) is 0 Å². The number of para-hydroxylation sites is 1. The molecule has 6 nitrogen and oxygen atoms in total. The van der Waals surface area contributed by atoms with Gasteiger partial charge in [-0.1, -0.05) is 18.2 Å². The number of nitrogens with zero attached hydrogens (tertiary/aromatic N) is 3. The zero-order valence-corrected chi connectivity index (χ0v) is 10.6. The molecule has 2 heterocycles. The molecule has 0 aliphatic rings. The maximum atomic E-state index is 12.2. The van der Waals surface area contributed by atoms with E-state index in [1.807, 2.05) is 37.3 Å². The molecule has 1 aromatic carbocycles. The first-order valence-corrected chi connectivity index (χ1v) is 5.90. The van der Waals surface area contributed by atoms with Crippen LogP contribution in [0.2, 0.25) is 0 Å². The van der Waals surface area contributed by atoms with Crippen LogP contribution in [0.1, 0.15) is 16.2 Å². The van der Waals surface area contributed by atoms with Crippen molar-refractivity contribution in [1.29, 1.82) is 0 Å². The summed E-state index contributed by atoms with van der Waals surface area (Å²) in [6.07, 6.45) is 0. The normalized spacial score (nSPS) is 10.8. The van der Waals surface area contributed by atoms with E-state index in [0.29, 0.717) is 11.5 Å². The van der Waals surface area contributed by atoms with Gasteiger partial charge in [-0.3, -0.25) is 14.6 Å². The average molecular weight is 255 g/mol. The van der Waals surface area contributed by atoms with E-state index in [1.165, 1.54) is 0 Å². The Balaban J connectivity index is 1.94. The third-order valence-corrected chi connectivity index (χ3v) is 2.93. The first-order chi connectivity index (χ1) is 9.15. The lowest BCUT2D eigenvalue weighted by atomic mass is 10.2. The summed E-state index contributed by atoms with van der Waals surface area (Å²) in [7, 11) is 1.78. The molecule has 0 aliphatic heterocycles. The Hall–Kier alpha value is -2.63. The van der Waals surface area contributed by atoms with Gasteiger partial charge in [0.15, 0.2) is 5.69 Å². The van der Waals surface area contributed by atoms with Crippen molar-refractivity contribution in [3.63, 3.8) is 0 Å². The number of aromatic amines is 1. The number of rotatable bonds is 2. The van der Waals surface area contributed by atoms with Crippen LogP contribution in [0, 0.1) is 6.92 Å². The highest BCUT2D eigenvalue weighted by Gasteiger charge is 2.15. The number of anilines is 1. The number of H-pyrrole nitrogens is 1. The van der Waals surface area contributed by atoms with Crippen LogP contribution in [-0.4, -0.2) is 25.9 Å². The van der Waals surface area contributed by atoms with Gasteiger partial charge in [-0.05, 0) is 13.0 Å². The molecular formula is C13H13N5O. The Labute approximate surface area is 109 Å². The molecule has 0 saturated heterocycles. The SMILES string of the molecule is Cc1cc(NC(=O)c2n[nH]c3ccccc23)n(C)n1. The number of nitrogens with one attached hydrogen (secondary N) is 2. The van der Waals surface area contributed by atoms with Crippen molar-refractivity contribution < 1.29 is 4.79 Å². The van der Waals surface area contributed by atoms with Crippen LogP contribution in [0.25, 0.3) is 10.9 Å². The first kappa shape index (κ1) is 11.5. The molecule has 0 bridgehead atoms. The minimum atomic E-state index is -0.250. The van der Waals surface area contributed by atoms with Gasteiger partial charge in [0.05, 0.1) is 11.2 Å². The molecule has 0 radical (unpaired) electrons. The maximum absolute atomic E-state index is 12.2. The molecule has 0 fully saturated rings. The van der Waals surface area contributed by atoms with Crippen molar-refractivity contribution >= 4 is 22.6 Å².